The highest BCUT2D eigenvalue weighted by atomic mass is 16.7. The van der Waals surface area contributed by atoms with E-state index in [-0.39, 0.29) is 5.54 Å². The topological polar surface area (TPSA) is 66.9 Å². The summed E-state index contributed by atoms with van der Waals surface area (Å²) in [6, 6.07) is 5.95. The molecule has 0 spiro atoms. The minimum Gasteiger partial charge on any atom is -0.454 e. The van der Waals surface area contributed by atoms with Crippen molar-refractivity contribution in [3.05, 3.63) is 23.8 Å². The molecule has 6 heteroatoms. The SMILES string of the molecule is CN=C(NCCNC(C)(C)C)NCc1ccc2c(c1)OCO2. The highest BCUT2D eigenvalue weighted by molar-refractivity contribution is 5.79. The van der Waals surface area contributed by atoms with Crippen molar-refractivity contribution < 1.29 is 9.47 Å². The molecule has 2 rings (SSSR count). The van der Waals surface area contributed by atoms with Crippen molar-refractivity contribution in [1.82, 2.24) is 16.0 Å². The molecule has 0 bridgehead atoms. The Bertz CT molecular complexity index is 523. The minimum absolute atomic E-state index is 0.130. The lowest BCUT2D eigenvalue weighted by molar-refractivity contribution is 0.174. The van der Waals surface area contributed by atoms with E-state index in [2.05, 4.69) is 41.7 Å². The normalized spacial score (nSPS) is 14.1. The van der Waals surface area contributed by atoms with Gasteiger partial charge in [0.25, 0.3) is 0 Å². The highest BCUT2D eigenvalue weighted by Gasteiger charge is 2.13. The van der Waals surface area contributed by atoms with Gasteiger partial charge in [-0.05, 0) is 38.5 Å². The van der Waals surface area contributed by atoms with Crippen LogP contribution in [0.4, 0.5) is 0 Å². The van der Waals surface area contributed by atoms with Crippen molar-refractivity contribution >= 4 is 5.96 Å². The van der Waals surface area contributed by atoms with Crippen LogP contribution in [-0.2, 0) is 6.54 Å². The highest BCUT2D eigenvalue weighted by Crippen LogP contribution is 2.32. The maximum Gasteiger partial charge on any atom is 0.231 e. The van der Waals surface area contributed by atoms with Gasteiger partial charge in [0.1, 0.15) is 0 Å². The van der Waals surface area contributed by atoms with Gasteiger partial charge in [0.05, 0.1) is 0 Å². The number of hydrogen-bond donors (Lipinski definition) is 3. The summed E-state index contributed by atoms with van der Waals surface area (Å²) in [6.45, 7) is 9.14. The van der Waals surface area contributed by atoms with E-state index in [1.807, 2.05) is 18.2 Å². The molecular formula is C16H26N4O2. The molecule has 0 fully saturated rings. The minimum atomic E-state index is 0.130. The molecule has 22 heavy (non-hydrogen) atoms. The van der Waals surface area contributed by atoms with E-state index in [1.165, 1.54) is 0 Å². The Morgan fingerprint density at radius 3 is 2.64 bits per heavy atom. The van der Waals surface area contributed by atoms with Gasteiger partial charge in [-0.2, -0.15) is 0 Å². The fourth-order valence-corrected chi connectivity index (χ4v) is 2.08. The summed E-state index contributed by atoms with van der Waals surface area (Å²) in [6.07, 6.45) is 0. The lowest BCUT2D eigenvalue weighted by atomic mass is 10.1. The molecule has 0 saturated heterocycles. The Labute approximate surface area is 132 Å². The molecule has 6 nitrogen and oxygen atoms in total. The van der Waals surface area contributed by atoms with Gasteiger partial charge in [-0.1, -0.05) is 6.07 Å². The molecule has 0 aliphatic carbocycles. The van der Waals surface area contributed by atoms with Gasteiger partial charge in [-0.15, -0.1) is 0 Å². The van der Waals surface area contributed by atoms with E-state index >= 15 is 0 Å². The zero-order valence-corrected chi connectivity index (χ0v) is 13.8. The van der Waals surface area contributed by atoms with E-state index < -0.39 is 0 Å². The first-order chi connectivity index (χ1) is 10.5. The van der Waals surface area contributed by atoms with E-state index in [1.54, 1.807) is 7.05 Å². The Hall–Kier alpha value is -1.95. The third-order valence-corrected chi connectivity index (χ3v) is 3.19. The third kappa shape index (κ3) is 5.11. The average molecular weight is 306 g/mol. The first kappa shape index (κ1) is 16.4. The molecule has 0 atom stereocenters. The van der Waals surface area contributed by atoms with Crippen LogP contribution in [-0.4, -0.2) is 38.4 Å². The number of nitrogens with one attached hydrogen (secondary N) is 3. The largest absolute Gasteiger partial charge is 0.454 e. The van der Waals surface area contributed by atoms with Crippen LogP contribution in [0.2, 0.25) is 0 Å². The summed E-state index contributed by atoms with van der Waals surface area (Å²) in [7, 11) is 1.77. The first-order valence-corrected chi connectivity index (χ1v) is 7.56. The predicted molar refractivity (Wildman–Crippen MR) is 88.5 cm³/mol. The molecular weight excluding hydrogens is 280 g/mol. The summed E-state index contributed by atoms with van der Waals surface area (Å²) in [5, 5.41) is 10.0. The lowest BCUT2D eigenvalue weighted by Gasteiger charge is -2.21. The fraction of sp³-hybridized carbons (Fsp3) is 0.562. The van der Waals surface area contributed by atoms with E-state index in [0.29, 0.717) is 13.3 Å². The summed E-state index contributed by atoms with van der Waals surface area (Å²) in [5.41, 5.74) is 1.26. The Morgan fingerprint density at radius 2 is 1.91 bits per heavy atom. The van der Waals surface area contributed by atoms with Crippen molar-refractivity contribution in [2.75, 3.05) is 26.9 Å². The van der Waals surface area contributed by atoms with Gasteiger partial charge in [-0.25, -0.2) is 0 Å². The molecule has 122 valence electrons. The quantitative estimate of drug-likeness (QED) is 0.437. The lowest BCUT2D eigenvalue weighted by Crippen LogP contribution is -2.44. The first-order valence-electron chi connectivity index (χ1n) is 7.56. The van der Waals surface area contributed by atoms with Gasteiger partial charge in [0, 0.05) is 32.2 Å². The second-order valence-corrected chi connectivity index (χ2v) is 6.22. The van der Waals surface area contributed by atoms with Gasteiger partial charge < -0.3 is 25.4 Å². The molecule has 0 unspecified atom stereocenters. The summed E-state index contributed by atoms with van der Waals surface area (Å²) in [5.74, 6) is 2.39. The van der Waals surface area contributed by atoms with Gasteiger partial charge in [-0.3, -0.25) is 4.99 Å². The van der Waals surface area contributed by atoms with Crippen LogP contribution in [0.25, 0.3) is 0 Å². The molecule has 0 aromatic heterocycles. The number of guanidine groups is 1. The fourth-order valence-electron chi connectivity index (χ4n) is 2.08. The Balaban J connectivity index is 1.74. The molecule has 1 aromatic rings. The molecule has 1 aliphatic rings. The van der Waals surface area contributed by atoms with Crippen molar-refractivity contribution in [1.29, 1.82) is 0 Å². The van der Waals surface area contributed by atoms with Crippen molar-refractivity contribution in [3.63, 3.8) is 0 Å². The Kier molecular flexibility index (Phi) is 5.49. The zero-order chi connectivity index (χ0) is 16.0. The van der Waals surface area contributed by atoms with Crippen molar-refractivity contribution in [3.8, 4) is 11.5 Å². The summed E-state index contributed by atoms with van der Waals surface area (Å²) in [4.78, 5) is 4.22. The standard InChI is InChI=1S/C16H26N4O2/c1-16(2,3)20-8-7-18-15(17-4)19-10-12-5-6-13-14(9-12)22-11-21-13/h5-6,9,20H,7-8,10-11H2,1-4H3,(H2,17,18,19). The zero-order valence-electron chi connectivity index (χ0n) is 13.8. The van der Waals surface area contributed by atoms with Gasteiger partial charge >= 0.3 is 0 Å². The second-order valence-electron chi connectivity index (χ2n) is 6.22. The van der Waals surface area contributed by atoms with Gasteiger partial charge in [0.15, 0.2) is 17.5 Å². The van der Waals surface area contributed by atoms with Crippen LogP contribution in [0.3, 0.4) is 0 Å². The number of hydrogen-bond acceptors (Lipinski definition) is 4. The second kappa shape index (κ2) is 7.35. The Morgan fingerprint density at radius 1 is 1.14 bits per heavy atom. The van der Waals surface area contributed by atoms with E-state index in [4.69, 9.17) is 9.47 Å². The average Bonchev–Trinajstić information content (AvgIpc) is 2.93. The van der Waals surface area contributed by atoms with E-state index in [9.17, 15) is 0 Å². The number of nitrogens with zero attached hydrogens (tertiary/aromatic N) is 1. The van der Waals surface area contributed by atoms with E-state index in [0.717, 1.165) is 36.1 Å². The van der Waals surface area contributed by atoms with Crippen LogP contribution in [0.1, 0.15) is 26.3 Å². The molecule has 1 aromatic carbocycles. The summed E-state index contributed by atoms with van der Waals surface area (Å²) < 4.78 is 10.7. The van der Waals surface area contributed by atoms with Crippen LogP contribution in [0.5, 0.6) is 11.5 Å². The summed E-state index contributed by atoms with van der Waals surface area (Å²) >= 11 is 0. The molecule has 0 amide bonds. The number of ether oxygens (including phenoxy) is 2. The molecule has 3 N–H and O–H groups in total. The van der Waals surface area contributed by atoms with Gasteiger partial charge in [0.2, 0.25) is 6.79 Å². The van der Waals surface area contributed by atoms with Crippen LogP contribution >= 0.6 is 0 Å². The van der Waals surface area contributed by atoms with Crippen LogP contribution in [0.15, 0.2) is 23.2 Å². The maximum absolute atomic E-state index is 5.38. The third-order valence-electron chi connectivity index (χ3n) is 3.19. The smallest absolute Gasteiger partial charge is 0.231 e. The monoisotopic (exact) mass is 306 g/mol. The number of fused-ring (bicyclic) bond motifs is 1. The maximum atomic E-state index is 5.38. The number of aliphatic imine (C=N–C) groups is 1. The molecule has 0 radical (unpaired) electrons. The molecule has 1 aliphatic heterocycles. The predicted octanol–water partition coefficient (Wildman–Crippen LogP) is 1.47. The van der Waals surface area contributed by atoms with Crippen LogP contribution < -0.4 is 25.4 Å². The van der Waals surface area contributed by atoms with Crippen molar-refractivity contribution in [2.24, 2.45) is 4.99 Å². The van der Waals surface area contributed by atoms with Crippen molar-refractivity contribution in [2.45, 2.75) is 32.9 Å². The van der Waals surface area contributed by atoms with Crippen LogP contribution in [0, 0.1) is 0 Å². The number of benzene rings is 1. The molecule has 0 saturated carbocycles. The molecule has 1 heterocycles. The number of rotatable bonds is 5.